The van der Waals surface area contributed by atoms with Crippen molar-refractivity contribution in [3.8, 4) is 0 Å². The van der Waals surface area contributed by atoms with Crippen molar-refractivity contribution in [2.24, 2.45) is 0 Å². The summed E-state index contributed by atoms with van der Waals surface area (Å²) in [6, 6.07) is 6.58. The minimum atomic E-state index is 0.0816. The molecular formula is C10H7Cl3N4. The van der Waals surface area contributed by atoms with Crippen molar-refractivity contribution in [1.29, 1.82) is 0 Å². The van der Waals surface area contributed by atoms with Crippen LogP contribution < -0.4 is 11.1 Å². The topological polar surface area (TPSA) is 63.8 Å². The van der Waals surface area contributed by atoms with E-state index in [0.717, 1.165) is 0 Å². The molecule has 0 radical (unpaired) electrons. The number of rotatable bonds is 2. The summed E-state index contributed by atoms with van der Waals surface area (Å²) in [5.41, 5.74) is 6.09. The molecule has 0 saturated carbocycles. The molecule has 0 aliphatic rings. The Kier molecular flexibility index (Phi) is 3.57. The molecule has 0 unspecified atom stereocenters. The van der Waals surface area contributed by atoms with Gasteiger partial charge in [-0.2, -0.15) is 4.98 Å². The smallest absolute Gasteiger partial charge is 0.223 e. The average molecular weight is 290 g/mol. The van der Waals surface area contributed by atoms with E-state index < -0.39 is 0 Å². The van der Waals surface area contributed by atoms with Gasteiger partial charge in [-0.25, -0.2) is 4.98 Å². The number of nitrogens with two attached hydrogens (primary N) is 1. The summed E-state index contributed by atoms with van der Waals surface area (Å²) in [6.45, 7) is 0. The van der Waals surface area contributed by atoms with Gasteiger partial charge >= 0.3 is 0 Å². The number of benzene rings is 1. The fourth-order valence-electron chi connectivity index (χ4n) is 1.23. The molecule has 0 aliphatic carbocycles. The van der Waals surface area contributed by atoms with Crippen molar-refractivity contribution in [3.05, 3.63) is 39.5 Å². The molecule has 0 spiro atoms. The lowest BCUT2D eigenvalue weighted by Gasteiger charge is -2.08. The number of halogens is 3. The molecule has 7 heteroatoms. The molecule has 4 nitrogen and oxygen atoms in total. The zero-order valence-electron chi connectivity index (χ0n) is 8.42. The van der Waals surface area contributed by atoms with Crippen molar-refractivity contribution in [3.63, 3.8) is 0 Å². The van der Waals surface area contributed by atoms with E-state index in [-0.39, 0.29) is 11.1 Å². The summed E-state index contributed by atoms with van der Waals surface area (Å²) in [5, 5.41) is 4.29. The molecule has 1 heterocycles. The number of hydrogen-bond acceptors (Lipinski definition) is 4. The fourth-order valence-corrected chi connectivity index (χ4v) is 1.76. The van der Waals surface area contributed by atoms with Crippen LogP contribution in [-0.2, 0) is 0 Å². The highest BCUT2D eigenvalue weighted by atomic mass is 35.5. The number of hydrogen-bond donors (Lipinski definition) is 2. The Balaban J connectivity index is 2.34. The molecule has 2 rings (SSSR count). The Morgan fingerprint density at radius 1 is 1.06 bits per heavy atom. The van der Waals surface area contributed by atoms with E-state index in [9.17, 15) is 0 Å². The van der Waals surface area contributed by atoms with Gasteiger partial charge in [-0.3, -0.25) is 0 Å². The normalized spacial score (nSPS) is 10.3. The molecule has 0 saturated heterocycles. The molecule has 1 aromatic heterocycles. The Morgan fingerprint density at radius 3 is 2.53 bits per heavy atom. The summed E-state index contributed by atoms with van der Waals surface area (Å²) in [6.07, 6.45) is 0. The largest absolute Gasteiger partial charge is 0.368 e. The van der Waals surface area contributed by atoms with Gasteiger partial charge < -0.3 is 11.1 Å². The van der Waals surface area contributed by atoms with E-state index >= 15 is 0 Å². The van der Waals surface area contributed by atoms with Gasteiger partial charge in [-0.05, 0) is 18.2 Å². The molecule has 17 heavy (non-hydrogen) atoms. The van der Waals surface area contributed by atoms with Crippen molar-refractivity contribution < 1.29 is 0 Å². The van der Waals surface area contributed by atoms with Crippen LogP contribution in [0.4, 0.5) is 17.5 Å². The summed E-state index contributed by atoms with van der Waals surface area (Å²) in [5.74, 6) is 0.532. The minimum Gasteiger partial charge on any atom is -0.368 e. The van der Waals surface area contributed by atoms with Crippen LogP contribution in [0.15, 0.2) is 24.3 Å². The van der Waals surface area contributed by atoms with E-state index in [4.69, 9.17) is 40.5 Å². The summed E-state index contributed by atoms with van der Waals surface area (Å²) in [7, 11) is 0. The zero-order valence-corrected chi connectivity index (χ0v) is 10.7. The highest BCUT2D eigenvalue weighted by Crippen LogP contribution is 2.28. The Hall–Kier alpha value is -1.23. The van der Waals surface area contributed by atoms with Crippen LogP contribution >= 0.6 is 34.8 Å². The van der Waals surface area contributed by atoms with Gasteiger partial charge in [0.25, 0.3) is 0 Å². The molecule has 0 bridgehead atoms. The average Bonchev–Trinajstić information content (AvgIpc) is 2.22. The second-order valence-corrected chi connectivity index (χ2v) is 4.41. The standard InChI is InChI=1S/C10H7Cl3N4/c11-5-1-2-6(12)7(3-5)15-9-4-8(13)16-10(14)17-9/h1-4H,(H3,14,15,16,17). The highest BCUT2D eigenvalue weighted by Gasteiger charge is 2.05. The fraction of sp³-hybridized carbons (Fsp3) is 0. The van der Waals surface area contributed by atoms with E-state index in [1.165, 1.54) is 6.07 Å². The lowest BCUT2D eigenvalue weighted by molar-refractivity contribution is 1.18. The summed E-state index contributed by atoms with van der Waals surface area (Å²) in [4.78, 5) is 7.72. The SMILES string of the molecule is Nc1nc(Cl)cc(Nc2cc(Cl)ccc2Cl)n1. The second-order valence-electron chi connectivity index (χ2n) is 3.18. The van der Waals surface area contributed by atoms with E-state index in [1.54, 1.807) is 18.2 Å². The number of nitrogens with zero attached hydrogens (tertiary/aromatic N) is 2. The van der Waals surface area contributed by atoms with E-state index in [0.29, 0.717) is 21.6 Å². The first kappa shape index (κ1) is 12.2. The molecule has 88 valence electrons. The van der Waals surface area contributed by atoms with Crippen molar-refractivity contribution >= 4 is 52.3 Å². The predicted molar refractivity (Wildman–Crippen MR) is 71.2 cm³/mol. The maximum atomic E-state index is 6.00. The monoisotopic (exact) mass is 288 g/mol. The maximum Gasteiger partial charge on any atom is 0.223 e. The van der Waals surface area contributed by atoms with Crippen LogP contribution in [0.25, 0.3) is 0 Å². The number of nitrogens with one attached hydrogen (secondary N) is 1. The Bertz CT molecular complexity index is 539. The second kappa shape index (κ2) is 4.96. The molecule has 1 aromatic carbocycles. The van der Waals surface area contributed by atoms with Crippen LogP contribution in [0.2, 0.25) is 15.2 Å². The minimum absolute atomic E-state index is 0.0816. The van der Waals surface area contributed by atoms with Gasteiger partial charge in [0.1, 0.15) is 11.0 Å². The Labute approximate surface area is 113 Å². The number of anilines is 3. The molecule has 0 aliphatic heterocycles. The molecule has 0 fully saturated rings. The van der Waals surface area contributed by atoms with Crippen LogP contribution in [0, 0.1) is 0 Å². The van der Waals surface area contributed by atoms with Crippen LogP contribution in [-0.4, -0.2) is 9.97 Å². The first-order valence-electron chi connectivity index (χ1n) is 4.57. The summed E-state index contributed by atoms with van der Waals surface area (Å²) >= 11 is 17.6. The third-order valence-electron chi connectivity index (χ3n) is 1.90. The lowest BCUT2D eigenvalue weighted by Crippen LogP contribution is -2.00. The summed E-state index contributed by atoms with van der Waals surface area (Å²) < 4.78 is 0. The van der Waals surface area contributed by atoms with Crippen LogP contribution in [0.5, 0.6) is 0 Å². The van der Waals surface area contributed by atoms with Gasteiger partial charge in [-0.15, -0.1) is 0 Å². The third kappa shape index (κ3) is 3.12. The predicted octanol–water partition coefficient (Wildman–Crippen LogP) is 3.76. The van der Waals surface area contributed by atoms with Gasteiger partial charge in [0.05, 0.1) is 10.7 Å². The van der Waals surface area contributed by atoms with Crippen LogP contribution in [0.3, 0.4) is 0 Å². The van der Waals surface area contributed by atoms with E-state index in [1.807, 2.05) is 0 Å². The number of nitrogen functional groups attached to an aromatic ring is 1. The van der Waals surface area contributed by atoms with E-state index in [2.05, 4.69) is 15.3 Å². The van der Waals surface area contributed by atoms with Gasteiger partial charge in [0, 0.05) is 11.1 Å². The molecule has 2 aromatic rings. The zero-order chi connectivity index (χ0) is 12.4. The quantitative estimate of drug-likeness (QED) is 0.826. The third-order valence-corrected chi connectivity index (χ3v) is 2.66. The number of aromatic nitrogens is 2. The molecule has 0 atom stereocenters. The lowest BCUT2D eigenvalue weighted by atomic mass is 10.3. The molecular weight excluding hydrogens is 282 g/mol. The van der Waals surface area contributed by atoms with Gasteiger partial charge in [-0.1, -0.05) is 34.8 Å². The molecule has 3 N–H and O–H groups in total. The van der Waals surface area contributed by atoms with Crippen molar-refractivity contribution in [2.75, 3.05) is 11.1 Å². The first-order valence-corrected chi connectivity index (χ1v) is 5.70. The molecule has 0 amide bonds. The van der Waals surface area contributed by atoms with Crippen LogP contribution in [0.1, 0.15) is 0 Å². The Morgan fingerprint density at radius 2 is 1.82 bits per heavy atom. The van der Waals surface area contributed by atoms with Gasteiger partial charge in [0.15, 0.2) is 0 Å². The van der Waals surface area contributed by atoms with Crippen molar-refractivity contribution in [1.82, 2.24) is 9.97 Å². The maximum absolute atomic E-state index is 6.00. The van der Waals surface area contributed by atoms with Gasteiger partial charge in [0.2, 0.25) is 5.95 Å². The first-order chi connectivity index (χ1) is 8.04. The highest BCUT2D eigenvalue weighted by molar-refractivity contribution is 6.35. The van der Waals surface area contributed by atoms with Crippen molar-refractivity contribution in [2.45, 2.75) is 0 Å².